The lowest BCUT2D eigenvalue weighted by atomic mass is 9.76. The molecule has 1 aliphatic heterocycles. The van der Waals surface area contributed by atoms with Gasteiger partial charge in [-0.15, -0.1) is 0 Å². The Balaban J connectivity index is 1.30. The number of para-hydroxylation sites is 3. The summed E-state index contributed by atoms with van der Waals surface area (Å²) in [6.07, 6.45) is 1.72. The normalized spacial score (nSPS) is 14.7. The van der Waals surface area contributed by atoms with Gasteiger partial charge in [-0.2, -0.15) is 5.26 Å². The molecule has 214 valence electrons. The van der Waals surface area contributed by atoms with Crippen LogP contribution < -0.4 is 9.64 Å². The lowest BCUT2D eigenvalue weighted by Gasteiger charge is -2.37. The third kappa shape index (κ3) is 3.05. The van der Waals surface area contributed by atoms with Crippen molar-refractivity contribution in [3.63, 3.8) is 0 Å². The van der Waals surface area contributed by atoms with E-state index in [1.807, 2.05) is 42.5 Å². The Hall–Kier alpha value is -6.38. The van der Waals surface area contributed by atoms with E-state index in [2.05, 4.69) is 94.8 Å². The molecule has 3 heterocycles. The van der Waals surface area contributed by atoms with Gasteiger partial charge >= 0.3 is 0 Å². The molecule has 5 nitrogen and oxygen atoms in total. The quantitative estimate of drug-likeness (QED) is 0.201. The van der Waals surface area contributed by atoms with Gasteiger partial charge in [0.25, 0.3) is 0 Å². The maximum atomic E-state index is 9.72. The van der Waals surface area contributed by atoms with Crippen molar-refractivity contribution in [1.29, 1.82) is 5.26 Å². The monoisotopic (exact) mass is 589 g/mol. The number of fused-ring (bicyclic) bond motifs is 12. The second-order valence-corrected chi connectivity index (χ2v) is 11.8. The highest BCUT2D eigenvalue weighted by Crippen LogP contribution is 2.66. The zero-order valence-electron chi connectivity index (χ0n) is 24.4. The highest BCUT2D eigenvalue weighted by atomic mass is 16.5. The number of nitrogens with zero attached hydrogens (tertiary/aromatic N) is 3. The first-order valence-corrected chi connectivity index (χ1v) is 15.3. The smallest absolute Gasteiger partial charge is 0.152 e. The third-order valence-corrected chi connectivity index (χ3v) is 9.55. The molecule has 0 amide bonds. The maximum Gasteiger partial charge on any atom is 0.152 e. The van der Waals surface area contributed by atoms with Crippen LogP contribution in [0.25, 0.3) is 39.1 Å². The molecule has 0 bridgehead atoms. The van der Waals surface area contributed by atoms with Gasteiger partial charge < -0.3 is 14.1 Å². The van der Waals surface area contributed by atoms with E-state index >= 15 is 0 Å². The minimum atomic E-state index is -0.780. The van der Waals surface area contributed by atoms with E-state index in [1.54, 1.807) is 18.3 Å². The van der Waals surface area contributed by atoms with Crippen LogP contribution in [0.5, 0.6) is 5.75 Å². The summed E-state index contributed by atoms with van der Waals surface area (Å²) in [4.78, 5) is 6.83. The van der Waals surface area contributed by atoms with Gasteiger partial charge in [0.1, 0.15) is 22.8 Å². The molecule has 10 rings (SSSR count). The van der Waals surface area contributed by atoms with Crippen LogP contribution in [-0.4, -0.2) is 4.98 Å². The van der Waals surface area contributed by atoms with Crippen molar-refractivity contribution in [3.05, 3.63) is 173 Å². The van der Waals surface area contributed by atoms with E-state index in [0.29, 0.717) is 11.3 Å². The molecular formula is C41H23N3O2. The number of furan rings is 1. The predicted octanol–water partition coefficient (Wildman–Crippen LogP) is 9.59. The molecule has 46 heavy (non-hydrogen) atoms. The van der Waals surface area contributed by atoms with Gasteiger partial charge in [-0.05, 0) is 64.7 Å². The van der Waals surface area contributed by atoms with Crippen LogP contribution in [0, 0.1) is 11.3 Å². The van der Waals surface area contributed by atoms with Crippen LogP contribution in [0.1, 0.15) is 28.0 Å². The SMILES string of the molecule is N#Cc1cccnc1-c1ccc(N2C3=C(Oc4ccccc42)C2(c4ccccc4-c4ccccc42)c2oc4ccccc4c23)cc1. The summed E-state index contributed by atoms with van der Waals surface area (Å²) in [5, 5.41) is 10.8. The number of nitriles is 1. The summed E-state index contributed by atoms with van der Waals surface area (Å²) in [6.45, 7) is 0. The Morgan fingerprint density at radius 3 is 2.17 bits per heavy atom. The number of hydrogen-bond donors (Lipinski definition) is 0. The fourth-order valence-electron chi connectivity index (χ4n) is 7.72. The summed E-state index contributed by atoms with van der Waals surface area (Å²) in [7, 11) is 0. The highest BCUT2D eigenvalue weighted by molar-refractivity contribution is 6.08. The standard InChI is InChI=1S/C41H23N3O2/c42-24-26-10-9-23-43-37(26)25-19-21-27(22-20-25)44-33-16-6-8-18-35(33)46-40-38(44)36-30-13-3-7-17-34(30)45-39(36)41(40)31-14-4-1-11-28(31)29-12-2-5-15-32(29)41/h1-23H. The average Bonchev–Trinajstić information content (AvgIpc) is 3.74. The molecule has 5 heteroatoms. The largest absolute Gasteiger partial charge is 0.459 e. The molecule has 0 saturated carbocycles. The van der Waals surface area contributed by atoms with Gasteiger partial charge in [0.2, 0.25) is 0 Å². The van der Waals surface area contributed by atoms with Crippen molar-refractivity contribution in [2.24, 2.45) is 0 Å². The Labute approximate surface area is 264 Å². The summed E-state index contributed by atoms with van der Waals surface area (Å²) >= 11 is 0. The Morgan fingerprint density at radius 2 is 1.39 bits per heavy atom. The number of allylic oxidation sites excluding steroid dienone is 1. The molecule has 0 radical (unpaired) electrons. The number of aromatic nitrogens is 1. The van der Waals surface area contributed by atoms with E-state index in [-0.39, 0.29) is 0 Å². The Kier molecular flexibility index (Phi) is 4.93. The van der Waals surface area contributed by atoms with Gasteiger partial charge in [0, 0.05) is 22.8 Å². The fourth-order valence-corrected chi connectivity index (χ4v) is 7.72. The molecule has 1 spiro atoms. The van der Waals surface area contributed by atoms with Gasteiger partial charge in [-0.1, -0.05) is 91.0 Å². The lowest BCUT2D eigenvalue weighted by Crippen LogP contribution is -2.32. The molecule has 7 aromatic rings. The molecule has 0 atom stereocenters. The molecule has 0 unspecified atom stereocenters. The summed E-state index contributed by atoms with van der Waals surface area (Å²) in [5.74, 6) is 2.49. The van der Waals surface area contributed by atoms with Crippen LogP contribution >= 0.6 is 0 Å². The van der Waals surface area contributed by atoms with Crippen LogP contribution in [0.3, 0.4) is 0 Å². The first kappa shape index (κ1) is 25.0. The van der Waals surface area contributed by atoms with Gasteiger partial charge in [-0.25, -0.2) is 0 Å². The molecule has 2 aromatic heterocycles. The van der Waals surface area contributed by atoms with E-state index in [1.165, 1.54) is 11.1 Å². The topological polar surface area (TPSA) is 62.3 Å². The van der Waals surface area contributed by atoms with Crippen LogP contribution in [0.15, 0.2) is 150 Å². The molecule has 2 aliphatic carbocycles. The lowest BCUT2D eigenvalue weighted by molar-refractivity contribution is 0.346. The summed E-state index contributed by atoms with van der Waals surface area (Å²) in [6, 6.07) is 47.8. The summed E-state index contributed by atoms with van der Waals surface area (Å²) in [5.41, 5.74) is 10.7. The Morgan fingerprint density at radius 1 is 0.696 bits per heavy atom. The predicted molar refractivity (Wildman–Crippen MR) is 178 cm³/mol. The van der Waals surface area contributed by atoms with Crippen LogP contribution in [0.2, 0.25) is 0 Å². The first-order chi connectivity index (χ1) is 22.8. The van der Waals surface area contributed by atoms with E-state index in [9.17, 15) is 5.26 Å². The molecular weight excluding hydrogens is 566 g/mol. The first-order valence-electron chi connectivity index (χ1n) is 15.3. The molecule has 0 saturated heterocycles. The fraction of sp³-hybridized carbons (Fsp3) is 0.0244. The van der Waals surface area contributed by atoms with Crippen molar-refractivity contribution in [2.75, 3.05) is 4.90 Å². The zero-order chi connectivity index (χ0) is 30.4. The number of ether oxygens (including phenoxy) is 1. The number of anilines is 2. The van der Waals surface area contributed by atoms with Crippen LogP contribution in [-0.2, 0) is 5.41 Å². The summed E-state index contributed by atoms with van der Waals surface area (Å²) < 4.78 is 14.1. The van der Waals surface area contributed by atoms with Crippen molar-refractivity contribution < 1.29 is 9.15 Å². The number of rotatable bonds is 2. The van der Waals surface area contributed by atoms with Crippen molar-refractivity contribution in [3.8, 4) is 34.2 Å². The third-order valence-electron chi connectivity index (χ3n) is 9.55. The minimum Gasteiger partial charge on any atom is -0.459 e. The van der Waals surface area contributed by atoms with Crippen molar-refractivity contribution in [1.82, 2.24) is 4.98 Å². The number of hydrogen-bond acceptors (Lipinski definition) is 5. The molecule has 0 N–H and O–H groups in total. The van der Waals surface area contributed by atoms with Gasteiger partial charge in [-0.3, -0.25) is 4.98 Å². The average molecular weight is 590 g/mol. The van der Waals surface area contributed by atoms with E-state index in [4.69, 9.17) is 9.15 Å². The number of benzene rings is 5. The zero-order valence-corrected chi connectivity index (χ0v) is 24.4. The molecule has 3 aliphatic rings. The maximum absolute atomic E-state index is 9.72. The minimum absolute atomic E-state index is 0.544. The van der Waals surface area contributed by atoms with E-state index < -0.39 is 5.41 Å². The van der Waals surface area contributed by atoms with Gasteiger partial charge in [0.05, 0.1) is 28.2 Å². The second kappa shape index (κ2) is 9.07. The second-order valence-electron chi connectivity index (χ2n) is 11.8. The van der Waals surface area contributed by atoms with Crippen molar-refractivity contribution in [2.45, 2.75) is 5.41 Å². The number of pyridine rings is 1. The van der Waals surface area contributed by atoms with Gasteiger partial charge in [0.15, 0.2) is 11.5 Å². The van der Waals surface area contributed by atoms with Crippen LogP contribution in [0.4, 0.5) is 11.4 Å². The van der Waals surface area contributed by atoms with Crippen molar-refractivity contribution >= 4 is 28.0 Å². The molecule has 5 aromatic carbocycles. The Bertz CT molecular complexity index is 2440. The molecule has 0 fully saturated rings. The highest BCUT2D eigenvalue weighted by Gasteiger charge is 2.60. The van der Waals surface area contributed by atoms with E-state index in [0.717, 1.165) is 67.6 Å².